The van der Waals surface area contributed by atoms with Gasteiger partial charge in [-0.1, -0.05) is 43.3 Å². The molecular formula is C24H23F3O4. The van der Waals surface area contributed by atoms with Gasteiger partial charge in [0, 0.05) is 6.08 Å². The molecule has 3 rings (SSSR count). The Kier molecular flexibility index (Phi) is 6.85. The van der Waals surface area contributed by atoms with Gasteiger partial charge in [-0.05, 0) is 47.4 Å². The van der Waals surface area contributed by atoms with Crippen molar-refractivity contribution in [1.82, 2.24) is 0 Å². The first-order valence-corrected chi connectivity index (χ1v) is 9.82. The summed E-state index contributed by atoms with van der Waals surface area (Å²) >= 11 is 0. The van der Waals surface area contributed by atoms with Crippen molar-refractivity contribution >= 4 is 11.5 Å². The average molecular weight is 432 g/mol. The number of ether oxygens (including phenoxy) is 2. The molecule has 1 aliphatic rings. The predicted octanol–water partition coefficient (Wildman–Crippen LogP) is 5.58. The largest absolute Gasteiger partial charge is 0.493 e. The Morgan fingerprint density at radius 3 is 2.42 bits per heavy atom. The van der Waals surface area contributed by atoms with Crippen molar-refractivity contribution < 1.29 is 32.5 Å². The van der Waals surface area contributed by atoms with Crippen LogP contribution in [-0.4, -0.2) is 30.9 Å². The van der Waals surface area contributed by atoms with Crippen LogP contribution in [0.5, 0.6) is 5.75 Å². The maximum atomic E-state index is 12.9. The van der Waals surface area contributed by atoms with E-state index in [1.54, 1.807) is 24.3 Å². The van der Waals surface area contributed by atoms with Crippen LogP contribution < -0.4 is 4.74 Å². The maximum Gasteiger partial charge on any atom is 0.416 e. The summed E-state index contributed by atoms with van der Waals surface area (Å²) in [5.74, 6) is -0.495. The zero-order valence-corrected chi connectivity index (χ0v) is 17.0. The summed E-state index contributed by atoms with van der Waals surface area (Å²) in [6, 6.07) is 11.9. The molecule has 0 radical (unpaired) electrons. The van der Waals surface area contributed by atoms with Crippen LogP contribution in [0.1, 0.15) is 30.0 Å². The fourth-order valence-corrected chi connectivity index (χ4v) is 3.19. The van der Waals surface area contributed by atoms with Gasteiger partial charge in [-0.2, -0.15) is 13.2 Å². The Morgan fingerprint density at radius 1 is 1.16 bits per heavy atom. The third-order valence-corrected chi connectivity index (χ3v) is 5.28. The molecular weight excluding hydrogens is 409 g/mol. The van der Waals surface area contributed by atoms with Crippen LogP contribution in [0.25, 0.3) is 5.57 Å². The van der Waals surface area contributed by atoms with E-state index in [-0.39, 0.29) is 5.41 Å². The highest BCUT2D eigenvalue weighted by atomic mass is 19.4. The molecule has 2 aromatic carbocycles. The Labute approximate surface area is 178 Å². The number of hydrogen-bond acceptors (Lipinski definition) is 3. The molecule has 1 aliphatic heterocycles. The fourth-order valence-electron chi connectivity index (χ4n) is 3.19. The average Bonchev–Trinajstić information content (AvgIpc) is 2.70. The molecule has 1 fully saturated rings. The molecule has 7 heteroatoms. The van der Waals surface area contributed by atoms with Gasteiger partial charge in [0.1, 0.15) is 5.75 Å². The monoisotopic (exact) mass is 432 g/mol. The van der Waals surface area contributed by atoms with Crippen molar-refractivity contribution in [2.45, 2.75) is 19.5 Å². The van der Waals surface area contributed by atoms with E-state index in [0.29, 0.717) is 42.3 Å². The number of allylic oxidation sites excluding steroid dienone is 2. The minimum Gasteiger partial charge on any atom is -0.493 e. The van der Waals surface area contributed by atoms with E-state index in [4.69, 9.17) is 14.6 Å². The zero-order chi connectivity index (χ0) is 22.5. The lowest BCUT2D eigenvalue weighted by Crippen LogP contribution is -2.46. The van der Waals surface area contributed by atoms with Gasteiger partial charge in [0.25, 0.3) is 0 Å². The van der Waals surface area contributed by atoms with E-state index >= 15 is 0 Å². The number of carbonyl (C=O) groups is 1. The van der Waals surface area contributed by atoms with Crippen molar-refractivity contribution in [3.63, 3.8) is 0 Å². The van der Waals surface area contributed by atoms with Crippen molar-refractivity contribution in [3.05, 3.63) is 83.4 Å². The van der Waals surface area contributed by atoms with Crippen molar-refractivity contribution in [1.29, 1.82) is 0 Å². The second-order valence-electron chi connectivity index (χ2n) is 7.52. The van der Waals surface area contributed by atoms with Crippen LogP contribution in [0.15, 0.2) is 66.8 Å². The summed E-state index contributed by atoms with van der Waals surface area (Å²) in [4.78, 5) is 10.8. The molecule has 1 N–H and O–H groups in total. The number of benzene rings is 2. The fraction of sp³-hybridized carbons (Fsp3) is 0.292. The molecule has 1 heterocycles. The number of carboxylic acid groups (broad SMARTS) is 1. The van der Waals surface area contributed by atoms with Gasteiger partial charge in [0.15, 0.2) is 0 Å². The van der Waals surface area contributed by atoms with Crippen LogP contribution >= 0.6 is 0 Å². The van der Waals surface area contributed by atoms with Gasteiger partial charge in [-0.3, -0.25) is 0 Å². The Bertz CT molecular complexity index is 966. The minimum absolute atomic E-state index is 0.00627. The van der Waals surface area contributed by atoms with E-state index in [1.165, 1.54) is 18.2 Å². The molecule has 0 atom stereocenters. The van der Waals surface area contributed by atoms with E-state index in [2.05, 4.69) is 6.92 Å². The molecule has 0 saturated carbocycles. The highest BCUT2D eigenvalue weighted by Crippen LogP contribution is 2.34. The normalized spacial score (nSPS) is 16.2. The Balaban J connectivity index is 1.90. The molecule has 0 unspecified atom stereocenters. The Hall–Kier alpha value is -3.06. The van der Waals surface area contributed by atoms with Gasteiger partial charge >= 0.3 is 12.1 Å². The number of aliphatic carboxylic acids is 1. The number of alkyl halides is 3. The number of carboxylic acids is 1. The molecule has 31 heavy (non-hydrogen) atoms. The molecule has 0 bridgehead atoms. The third-order valence-electron chi connectivity index (χ3n) is 5.28. The highest BCUT2D eigenvalue weighted by molar-refractivity contribution is 5.84. The second kappa shape index (κ2) is 9.39. The van der Waals surface area contributed by atoms with E-state index in [9.17, 15) is 18.0 Å². The maximum absolute atomic E-state index is 12.9. The zero-order valence-electron chi connectivity index (χ0n) is 17.0. The van der Waals surface area contributed by atoms with Gasteiger partial charge in [-0.15, -0.1) is 0 Å². The standard InChI is InChI=1S/C24H23F3O4/c1-2-23(14-30-15-23)16-31-20-6-3-5-18(13-20)21(7-4-8-22(28)29)17-9-11-19(12-10-17)24(25,26)27/h3-13H,2,14-16H2,1H3,(H,28,29)/b8-4+,21-7-. The quantitative estimate of drug-likeness (QED) is 0.437. The van der Waals surface area contributed by atoms with E-state index < -0.39 is 17.7 Å². The number of rotatable bonds is 8. The lowest BCUT2D eigenvalue weighted by molar-refractivity contribution is -0.137. The lowest BCUT2D eigenvalue weighted by atomic mass is 9.84. The van der Waals surface area contributed by atoms with Crippen molar-refractivity contribution in [2.24, 2.45) is 5.41 Å². The van der Waals surface area contributed by atoms with E-state index in [1.807, 2.05) is 6.07 Å². The summed E-state index contributed by atoms with van der Waals surface area (Å²) in [6.45, 7) is 3.90. The first-order valence-electron chi connectivity index (χ1n) is 9.82. The van der Waals surface area contributed by atoms with Gasteiger partial charge in [0.05, 0.1) is 30.8 Å². The van der Waals surface area contributed by atoms with Gasteiger partial charge in [0.2, 0.25) is 0 Å². The van der Waals surface area contributed by atoms with Crippen molar-refractivity contribution in [2.75, 3.05) is 19.8 Å². The second-order valence-corrected chi connectivity index (χ2v) is 7.52. The molecule has 1 saturated heterocycles. The highest BCUT2D eigenvalue weighted by Gasteiger charge is 2.37. The minimum atomic E-state index is -4.43. The molecule has 2 aromatic rings. The summed E-state index contributed by atoms with van der Waals surface area (Å²) < 4.78 is 50.0. The molecule has 4 nitrogen and oxygen atoms in total. The Morgan fingerprint density at radius 2 is 1.87 bits per heavy atom. The topological polar surface area (TPSA) is 55.8 Å². The van der Waals surface area contributed by atoms with Crippen LogP contribution in [0.3, 0.4) is 0 Å². The molecule has 164 valence electrons. The third kappa shape index (κ3) is 5.76. The lowest BCUT2D eigenvalue weighted by Gasteiger charge is -2.40. The van der Waals surface area contributed by atoms with Crippen LogP contribution in [-0.2, 0) is 15.7 Å². The molecule has 0 aliphatic carbocycles. The van der Waals surface area contributed by atoms with Crippen LogP contribution in [0, 0.1) is 5.41 Å². The summed E-state index contributed by atoms with van der Waals surface area (Å²) in [7, 11) is 0. The summed E-state index contributed by atoms with van der Waals surface area (Å²) in [5, 5.41) is 8.86. The first kappa shape index (κ1) is 22.6. The van der Waals surface area contributed by atoms with Crippen molar-refractivity contribution in [3.8, 4) is 5.75 Å². The smallest absolute Gasteiger partial charge is 0.416 e. The summed E-state index contributed by atoms with van der Waals surface area (Å²) in [5.41, 5.74) is 1.06. The van der Waals surface area contributed by atoms with Crippen LogP contribution in [0.4, 0.5) is 13.2 Å². The molecule has 0 aromatic heterocycles. The molecule has 0 amide bonds. The SMILES string of the molecule is CCC1(COc2cccc(/C(=C\C=C\C(=O)O)c3ccc(C(F)(F)F)cc3)c2)COC1. The van der Waals surface area contributed by atoms with E-state index in [0.717, 1.165) is 24.6 Å². The van der Waals surface area contributed by atoms with Gasteiger partial charge < -0.3 is 14.6 Å². The number of hydrogen-bond donors (Lipinski definition) is 1. The predicted molar refractivity (Wildman–Crippen MR) is 111 cm³/mol. The van der Waals surface area contributed by atoms with Crippen LogP contribution in [0.2, 0.25) is 0 Å². The summed E-state index contributed by atoms with van der Waals surface area (Å²) in [6.07, 6.45) is 0.374. The van der Waals surface area contributed by atoms with Gasteiger partial charge in [-0.25, -0.2) is 4.79 Å². The molecule has 0 spiro atoms. The first-order chi connectivity index (χ1) is 14.7. The number of halogens is 3.